The molecule has 3 aliphatic rings. The Bertz CT molecular complexity index is 774. The maximum absolute atomic E-state index is 13.1. The van der Waals surface area contributed by atoms with Crippen molar-refractivity contribution < 1.29 is 14.0 Å². The molecule has 5 nitrogen and oxygen atoms in total. The minimum atomic E-state index is -0.317. The number of urea groups is 1. The minimum Gasteiger partial charge on any atom is -0.317 e. The third-order valence-corrected chi connectivity index (χ3v) is 6.97. The van der Waals surface area contributed by atoms with Crippen LogP contribution in [-0.4, -0.2) is 71.0 Å². The van der Waals surface area contributed by atoms with Gasteiger partial charge >= 0.3 is 6.03 Å². The SMILES string of the molecule is CC1C=C2SCCN2C(=O)N1CCN1CCC(C(=O)c2ccc(F)cc2)CC1. The Kier molecular flexibility index (Phi) is 5.73. The van der Waals surface area contributed by atoms with Crippen LogP contribution in [0.3, 0.4) is 0 Å². The summed E-state index contributed by atoms with van der Waals surface area (Å²) in [6.45, 7) is 6.13. The van der Waals surface area contributed by atoms with Crippen LogP contribution in [0.15, 0.2) is 35.4 Å². The first kappa shape index (κ1) is 19.5. The number of amides is 2. The molecule has 3 heterocycles. The molecule has 4 rings (SSSR count). The van der Waals surface area contributed by atoms with Crippen molar-refractivity contribution in [3.8, 4) is 0 Å². The van der Waals surface area contributed by atoms with Gasteiger partial charge in [-0.2, -0.15) is 0 Å². The zero-order valence-electron chi connectivity index (χ0n) is 16.1. The number of fused-ring (bicyclic) bond motifs is 1. The number of carbonyl (C=O) groups excluding carboxylic acids is 2. The first-order valence-electron chi connectivity index (χ1n) is 9.98. The van der Waals surface area contributed by atoms with E-state index in [-0.39, 0.29) is 29.6 Å². The number of benzene rings is 1. The number of hydrogen-bond acceptors (Lipinski definition) is 4. The van der Waals surface area contributed by atoms with Gasteiger partial charge in [0, 0.05) is 36.9 Å². The van der Waals surface area contributed by atoms with Crippen LogP contribution in [0.1, 0.15) is 30.1 Å². The third kappa shape index (κ3) is 3.96. The number of halogens is 1. The molecule has 0 radical (unpaired) electrons. The molecule has 0 N–H and O–H groups in total. The van der Waals surface area contributed by atoms with Crippen LogP contribution < -0.4 is 0 Å². The van der Waals surface area contributed by atoms with Gasteiger partial charge in [-0.25, -0.2) is 9.18 Å². The average molecular weight is 404 g/mol. The highest BCUT2D eigenvalue weighted by molar-refractivity contribution is 8.03. The molecule has 3 aliphatic heterocycles. The van der Waals surface area contributed by atoms with E-state index in [1.165, 1.54) is 12.1 Å². The first-order valence-corrected chi connectivity index (χ1v) is 11.0. The smallest absolute Gasteiger partial charge is 0.317 e. The van der Waals surface area contributed by atoms with E-state index in [9.17, 15) is 14.0 Å². The average Bonchev–Trinajstić information content (AvgIpc) is 3.17. The lowest BCUT2D eigenvalue weighted by atomic mass is 9.89. The highest BCUT2D eigenvalue weighted by Gasteiger charge is 2.35. The van der Waals surface area contributed by atoms with Gasteiger partial charge in [0.05, 0.1) is 11.1 Å². The molecule has 0 saturated carbocycles. The van der Waals surface area contributed by atoms with Crippen molar-refractivity contribution >= 4 is 23.6 Å². The van der Waals surface area contributed by atoms with E-state index >= 15 is 0 Å². The molecule has 28 heavy (non-hydrogen) atoms. The Morgan fingerprint density at radius 1 is 1.14 bits per heavy atom. The Morgan fingerprint density at radius 2 is 1.86 bits per heavy atom. The summed E-state index contributed by atoms with van der Waals surface area (Å²) in [7, 11) is 0. The Morgan fingerprint density at radius 3 is 2.57 bits per heavy atom. The van der Waals surface area contributed by atoms with Gasteiger partial charge < -0.3 is 9.80 Å². The van der Waals surface area contributed by atoms with Crippen LogP contribution >= 0.6 is 11.8 Å². The van der Waals surface area contributed by atoms with Crippen molar-refractivity contribution in [3.05, 3.63) is 46.8 Å². The van der Waals surface area contributed by atoms with E-state index < -0.39 is 0 Å². The number of thioether (sulfide) groups is 1. The fourth-order valence-electron chi connectivity index (χ4n) is 4.20. The second-order valence-corrected chi connectivity index (χ2v) is 8.82. The minimum absolute atomic E-state index is 0.00405. The number of carbonyl (C=O) groups is 2. The summed E-state index contributed by atoms with van der Waals surface area (Å²) in [4.78, 5) is 31.5. The maximum Gasteiger partial charge on any atom is 0.325 e. The van der Waals surface area contributed by atoms with Gasteiger partial charge in [-0.15, -0.1) is 11.8 Å². The van der Waals surface area contributed by atoms with Gasteiger partial charge in [0.25, 0.3) is 0 Å². The number of Topliss-reactive ketones (excluding diaryl/α,β-unsaturated/α-hetero) is 1. The van der Waals surface area contributed by atoms with Crippen molar-refractivity contribution in [2.24, 2.45) is 5.92 Å². The molecule has 1 aromatic carbocycles. The monoisotopic (exact) mass is 403 g/mol. The second kappa shape index (κ2) is 8.25. The molecule has 0 spiro atoms. The van der Waals surface area contributed by atoms with E-state index in [1.807, 2.05) is 9.80 Å². The summed E-state index contributed by atoms with van der Waals surface area (Å²) in [6.07, 6.45) is 3.81. The number of rotatable bonds is 5. The third-order valence-electron chi connectivity index (χ3n) is 5.93. The molecule has 0 aromatic heterocycles. The Labute approximate surface area is 169 Å². The normalized spacial score (nSPS) is 23.7. The van der Waals surface area contributed by atoms with Gasteiger partial charge in [0.2, 0.25) is 0 Å². The van der Waals surface area contributed by atoms with Gasteiger partial charge in [-0.05, 0) is 63.2 Å². The van der Waals surface area contributed by atoms with Crippen LogP contribution in [-0.2, 0) is 0 Å². The zero-order valence-corrected chi connectivity index (χ0v) is 17.0. The summed E-state index contributed by atoms with van der Waals surface area (Å²) in [5.74, 6) is 0.781. The predicted molar refractivity (Wildman–Crippen MR) is 109 cm³/mol. The quantitative estimate of drug-likeness (QED) is 0.707. The highest BCUT2D eigenvalue weighted by atomic mass is 32.2. The number of hydrogen-bond donors (Lipinski definition) is 0. The van der Waals surface area contributed by atoms with E-state index in [4.69, 9.17) is 0 Å². The van der Waals surface area contributed by atoms with Crippen molar-refractivity contribution in [3.63, 3.8) is 0 Å². The van der Waals surface area contributed by atoms with Crippen LogP contribution in [0.5, 0.6) is 0 Å². The molecular formula is C21H26FN3O2S. The van der Waals surface area contributed by atoms with Gasteiger partial charge in [0.15, 0.2) is 5.78 Å². The molecule has 7 heteroatoms. The van der Waals surface area contributed by atoms with Crippen molar-refractivity contribution in [1.29, 1.82) is 0 Å². The van der Waals surface area contributed by atoms with E-state index in [0.29, 0.717) is 12.1 Å². The van der Waals surface area contributed by atoms with E-state index in [2.05, 4.69) is 17.9 Å². The second-order valence-electron chi connectivity index (χ2n) is 7.71. The summed E-state index contributed by atoms with van der Waals surface area (Å²) in [5.41, 5.74) is 0.596. The fraction of sp³-hybridized carbons (Fsp3) is 0.524. The van der Waals surface area contributed by atoms with Crippen LogP contribution in [0, 0.1) is 11.7 Å². The number of nitrogens with zero attached hydrogens (tertiary/aromatic N) is 3. The van der Waals surface area contributed by atoms with Crippen LogP contribution in [0.25, 0.3) is 0 Å². The summed E-state index contributed by atoms with van der Waals surface area (Å²) >= 11 is 1.76. The molecule has 2 fully saturated rings. The van der Waals surface area contributed by atoms with Crippen molar-refractivity contribution in [2.45, 2.75) is 25.8 Å². The maximum atomic E-state index is 13.1. The van der Waals surface area contributed by atoms with Crippen molar-refractivity contribution in [2.75, 3.05) is 38.5 Å². The lowest BCUT2D eigenvalue weighted by molar-refractivity contribution is 0.0827. The van der Waals surface area contributed by atoms with Crippen molar-refractivity contribution in [1.82, 2.24) is 14.7 Å². The Hall–Kier alpha value is -1.86. The number of piperidine rings is 1. The van der Waals surface area contributed by atoms with Gasteiger partial charge in [0.1, 0.15) is 5.82 Å². The lowest BCUT2D eigenvalue weighted by Crippen LogP contribution is -2.51. The molecular weight excluding hydrogens is 377 g/mol. The van der Waals surface area contributed by atoms with Gasteiger partial charge in [-0.1, -0.05) is 0 Å². The molecule has 0 bridgehead atoms. The predicted octanol–water partition coefficient (Wildman–Crippen LogP) is 3.43. The largest absolute Gasteiger partial charge is 0.325 e. The number of ketones is 1. The molecule has 1 aromatic rings. The summed E-state index contributed by atoms with van der Waals surface area (Å²) in [5, 5.41) is 1.11. The van der Waals surface area contributed by atoms with Gasteiger partial charge in [-0.3, -0.25) is 9.69 Å². The molecule has 0 aliphatic carbocycles. The zero-order chi connectivity index (χ0) is 19.7. The first-order chi connectivity index (χ1) is 13.5. The highest BCUT2D eigenvalue weighted by Crippen LogP contribution is 2.33. The fourth-order valence-corrected chi connectivity index (χ4v) is 5.30. The molecule has 1 atom stereocenters. The van der Waals surface area contributed by atoms with Crippen LogP contribution in [0.4, 0.5) is 9.18 Å². The van der Waals surface area contributed by atoms with E-state index in [1.54, 1.807) is 23.9 Å². The molecule has 1 unspecified atom stereocenters. The number of likely N-dealkylation sites (tertiary alicyclic amines) is 1. The van der Waals surface area contributed by atoms with Crippen LogP contribution in [0.2, 0.25) is 0 Å². The van der Waals surface area contributed by atoms with E-state index in [0.717, 1.165) is 49.8 Å². The standard InChI is InChI=1S/C21H26FN3O2S/c1-15-14-19-25(12-13-28-19)21(27)24(15)11-10-23-8-6-17(7-9-23)20(26)16-2-4-18(22)5-3-16/h2-5,14-15,17H,6-13H2,1H3. The molecule has 2 saturated heterocycles. The summed E-state index contributed by atoms with van der Waals surface area (Å²) in [6, 6.07) is 6.09. The Balaban J connectivity index is 1.27. The molecule has 150 valence electrons. The molecule has 2 amide bonds. The lowest BCUT2D eigenvalue weighted by Gasteiger charge is -2.38. The summed E-state index contributed by atoms with van der Waals surface area (Å²) < 4.78 is 13.1. The topological polar surface area (TPSA) is 43.9 Å².